The zero-order valence-electron chi connectivity index (χ0n) is 9.58. The van der Waals surface area contributed by atoms with Gasteiger partial charge >= 0.3 is 12.1 Å². The molecule has 2 nitrogen and oxygen atoms in total. The highest BCUT2D eigenvalue weighted by atomic mass is 127. The molecule has 2 rings (SSSR count). The van der Waals surface area contributed by atoms with Crippen LogP contribution >= 0.6 is 34.4 Å². The molecule has 102 valence electrons. The Morgan fingerprint density at radius 2 is 2.05 bits per heavy atom. The number of fused-ring (bicyclic) bond motifs is 1. The third kappa shape index (κ3) is 2.91. The summed E-state index contributed by atoms with van der Waals surface area (Å²) in [6.07, 6.45) is -3.45. The van der Waals surface area contributed by atoms with E-state index in [9.17, 15) is 18.0 Å². The summed E-state index contributed by atoms with van der Waals surface area (Å²) in [6, 6.07) is 3.46. The molecule has 0 aliphatic carbocycles. The van der Waals surface area contributed by atoms with E-state index in [-0.39, 0.29) is 0 Å². The monoisotopic (exact) mass is 400 g/mol. The maximum Gasteiger partial charge on any atom is 0.405 e. The number of alkyl halides is 3. The Labute approximate surface area is 125 Å². The molecule has 1 aromatic carbocycles. The number of aliphatic carboxylic acids is 1. The molecule has 1 heterocycles. The van der Waals surface area contributed by atoms with E-state index >= 15 is 0 Å². The van der Waals surface area contributed by atoms with Gasteiger partial charge in [-0.05, 0) is 58.9 Å². The van der Waals surface area contributed by atoms with Gasteiger partial charge in [0.15, 0.2) is 0 Å². The fourth-order valence-electron chi connectivity index (χ4n) is 1.87. The number of halogens is 4. The summed E-state index contributed by atoms with van der Waals surface area (Å²) in [4.78, 5) is 11.5. The Balaban J connectivity index is 2.61. The van der Waals surface area contributed by atoms with E-state index in [4.69, 9.17) is 5.11 Å². The fourth-order valence-corrected chi connectivity index (χ4v) is 3.83. The van der Waals surface area contributed by atoms with Gasteiger partial charge in [0, 0.05) is 8.47 Å². The van der Waals surface area contributed by atoms with Gasteiger partial charge in [0.2, 0.25) is 0 Å². The molecule has 1 aromatic rings. The summed E-state index contributed by atoms with van der Waals surface area (Å²) < 4.78 is 39.7. The summed E-state index contributed by atoms with van der Waals surface area (Å²) >= 11 is 2.61. The summed E-state index contributed by atoms with van der Waals surface area (Å²) in [7, 11) is 0. The van der Waals surface area contributed by atoms with E-state index in [2.05, 4.69) is 0 Å². The zero-order chi connectivity index (χ0) is 14.4. The molecular formula is C12H8F3IO2S. The van der Waals surface area contributed by atoms with Crippen molar-refractivity contribution in [2.75, 3.05) is 0 Å². The number of carboxylic acids is 1. The van der Waals surface area contributed by atoms with Crippen LogP contribution in [0.1, 0.15) is 11.1 Å². The largest absolute Gasteiger partial charge is 0.478 e. The second-order valence-corrected chi connectivity index (χ2v) is 6.45. The van der Waals surface area contributed by atoms with Crippen LogP contribution in [0.4, 0.5) is 13.2 Å². The highest BCUT2D eigenvalue weighted by Crippen LogP contribution is 2.46. The summed E-state index contributed by atoms with van der Waals surface area (Å²) in [5, 5.41) is 6.94. The number of carboxylic acid groups (broad SMARTS) is 1. The van der Waals surface area contributed by atoms with Gasteiger partial charge in [0.1, 0.15) is 5.25 Å². The standard InChI is InChI=1S/C12H8F3IO2S/c1-5-2-7(16)3-6-4-8(11(17)18)10(12(13,14)15)19-9(5)6/h2-4,10H,1H3,(H,17,18). The van der Waals surface area contributed by atoms with Gasteiger partial charge in [-0.25, -0.2) is 4.79 Å². The first kappa shape index (κ1) is 14.7. The van der Waals surface area contributed by atoms with Gasteiger partial charge in [-0.2, -0.15) is 13.2 Å². The Morgan fingerprint density at radius 3 is 2.58 bits per heavy atom. The maximum absolute atomic E-state index is 12.9. The molecule has 0 radical (unpaired) electrons. The van der Waals surface area contributed by atoms with Crippen LogP contribution in [0, 0.1) is 10.5 Å². The zero-order valence-corrected chi connectivity index (χ0v) is 12.6. The maximum atomic E-state index is 12.9. The molecule has 19 heavy (non-hydrogen) atoms. The number of benzene rings is 1. The van der Waals surface area contributed by atoms with Crippen LogP contribution in [0.2, 0.25) is 0 Å². The van der Waals surface area contributed by atoms with Gasteiger partial charge in [-0.3, -0.25) is 0 Å². The molecular weight excluding hydrogens is 392 g/mol. The number of carbonyl (C=O) groups is 1. The average Bonchev–Trinajstić information content (AvgIpc) is 2.25. The molecule has 1 aliphatic rings. The van der Waals surface area contributed by atoms with E-state index in [1.807, 2.05) is 22.6 Å². The number of hydrogen-bond acceptors (Lipinski definition) is 2. The van der Waals surface area contributed by atoms with E-state index in [1.165, 1.54) is 0 Å². The topological polar surface area (TPSA) is 37.3 Å². The van der Waals surface area contributed by atoms with Crippen molar-refractivity contribution in [2.24, 2.45) is 0 Å². The number of aryl methyl sites for hydroxylation is 1. The van der Waals surface area contributed by atoms with Crippen LogP contribution in [0.5, 0.6) is 0 Å². The predicted molar refractivity (Wildman–Crippen MR) is 75.2 cm³/mol. The Kier molecular flexibility index (Phi) is 3.87. The molecule has 0 saturated heterocycles. The minimum absolute atomic E-state index is 0.493. The first-order valence-electron chi connectivity index (χ1n) is 5.18. The second kappa shape index (κ2) is 5.01. The van der Waals surface area contributed by atoms with Crippen LogP contribution in [-0.4, -0.2) is 22.5 Å². The summed E-state index contributed by atoms with van der Waals surface area (Å²) in [6.45, 7) is 1.72. The van der Waals surface area contributed by atoms with E-state index in [1.54, 1.807) is 19.1 Å². The summed E-state index contributed by atoms with van der Waals surface area (Å²) in [5.41, 5.74) is 0.639. The van der Waals surface area contributed by atoms with Gasteiger partial charge in [-0.15, -0.1) is 11.8 Å². The highest BCUT2D eigenvalue weighted by molar-refractivity contribution is 14.1. The molecule has 0 bridgehead atoms. The lowest BCUT2D eigenvalue weighted by Crippen LogP contribution is -2.32. The Bertz CT molecular complexity index is 581. The number of hydrogen-bond donors (Lipinski definition) is 1. The van der Waals surface area contributed by atoms with Crippen LogP contribution in [0.3, 0.4) is 0 Å². The molecule has 0 fully saturated rings. The number of rotatable bonds is 1. The molecule has 0 amide bonds. The molecule has 0 saturated carbocycles. The van der Waals surface area contributed by atoms with Gasteiger partial charge in [-0.1, -0.05) is 0 Å². The number of thioether (sulfide) groups is 1. The average molecular weight is 400 g/mol. The molecule has 1 atom stereocenters. The van der Waals surface area contributed by atoms with Gasteiger partial charge < -0.3 is 5.11 Å². The van der Waals surface area contributed by atoms with E-state index < -0.39 is 23.0 Å². The Hall–Kier alpha value is -0.700. The predicted octanol–water partition coefficient (Wildman–Crippen LogP) is 4.10. The van der Waals surface area contributed by atoms with Gasteiger partial charge in [0.05, 0.1) is 5.57 Å². The Morgan fingerprint density at radius 1 is 1.42 bits per heavy atom. The van der Waals surface area contributed by atoms with Gasteiger partial charge in [0.25, 0.3) is 0 Å². The third-order valence-corrected chi connectivity index (χ3v) is 4.81. The van der Waals surface area contributed by atoms with Crippen LogP contribution in [0.15, 0.2) is 22.6 Å². The van der Waals surface area contributed by atoms with Crippen molar-refractivity contribution in [2.45, 2.75) is 23.2 Å². The molecule has 1 aliphatic heterocycles. The van der Waals surface area contributed by atoms with Crippen molar-refractivity contribution < 1.29 is 23.1 Å². The van der Waals surface area contributed by atoms with Crippen molar-refractivity contribution in [1.29, 1.82) is 0 Å². The third-order valence-electron chi connectivity index (χ3n) is 2.64. The van der Waals surface area contributed by atoms with Crippen molar-refractivity contribution in [3.63, 3.8) is 0 Å². The van der Waals surface area contributed by atoms with Crippen LogP contribution in [0.25, 0.3) is 6.08 Å². The van der Waals surface area contributed by atoms with Crippen LogP contribution < -0.4 is 0 Å². The molecule has 0 spiro atoms. The normalized spacial score (nSPS) is 18.8. The smallest absolute Gasteiger partial charge is 0.405 e. The molecule has 1 unspecified atom stereocenters. The lowest BCUT2D eigenvalue weighted by atomic mass is 10.0. The van der Waals surface area contributed by atoms with E-state index in [0.29, 0.717) is 22.2 Å². The van der Waals surface area contributed by atoms with Crippen LogP contribution in [-0.2, 0) is 4.79 Å². The first-order chi connectivity index (χ1) is 8.70. The summed E-state index contributed by atoms with van der Waals surface area (Å²) in [5.74, 6) is -1.53. The molecule has 1 N–H and O–H groups in total. The van der Waals surface area contributed by atoms with E-state index in [0.717, 1.165) is 15.2 Å². The van der Waals surface area contributed by atoms with Crippen molar-refractivity contribution >= 4 is 46.4 Å². The van der Waals surface area contributed by atoms with Crippen molar-refractivity contribution in [1.82, 2.24) is 0 Å². The first-order valence-corrected chi connectivity index (χ1v) is 7.14. The SMILES string of the molecule is Cc1cc(I)cc2c1SC(C(F)(F)F)C(C(=O)O)=C2. The fraction of sp³-hybridized carbons (Fsp3) is 0.250. The van der Waals surface area contributed by atoms with Crippen molar-refractivity contribution in [3.8, 4) is 0 Å². The molecule has 0 aromatic heterocycles. The highest BCUT2D eigenvalue weighted by Gasteiger charge is 2.47. The lowest BCUT2D eigenvalue weighted by Gasteiger charge is -2.26. The minimum atomic E-state index is -4.58. The molecule has 7 heteroatoms. The lowest BCUT2D eigenvalue weighted by molar-refractivity contribution is -0.140. The quantitative estimate of drug-likeness (QED) is 0.722. The van der Waals surface area contributed by atoms with Crippen molar-refractivity contribution in [3.05, 3.63) is 32.4 Å². The second-order valence-electron chi connectivity index (χ2n) is 4.09. The minimum Gasteiger partial charge on any atom is -0.478 e.